The quantitative estimate of drug-likeness (QED) is 0.404. The van der Waals surface area contributed by atoms with E-state index in [0.29, 0.717) is 38.3 Å². The molecule has 1 aromatic carbocycles. The Bertz CT molecular complexity index is 1440. The summed E-state index contributed by atoms with van der Waals surface area (Å²) < 4.78 is 49.9. The van der Waals surface area contributed by atoms with Crippen LogP contribution in [0, 0.1) is 6.92 Å². The standard InChI is InChI=1S/C21H27N5O6S2/c1-5-6-10-32-25-19(27)12-18(20-15(2)23-14-24-21(20)25)22-13-16-8-7-9-17(11-16)26(33(3,28)29)34(4,30)31/h7-9,11-12,14,22H,5-6,10,13H2,1-4H3. The molecule has 1 N–H and O–H groups in total. The zero-order valence-electron chi connectivity index (χ0n) is 19.3. The lowest BCUT2D eigenvalue weighted by Crippen LogP contribution is -2.35. The summed E-state index contributed by atoms with van der Waals surface area (Å²) in [6, 6.07) is 7.50. The molecule has 0 atom stereocenters. The molecule has 0 aliphatic carbocycles. The predicted octanol–water partition coefficient (Wildman–Crippen LogP) is 1.67. The minimum absolute atomic E-state index is 0.00610. The SMILES string of the molecule is CCCCOn1c(=O)cc(NCc2cccc(N(S(C)(=O)=O)S(C)(=O)=O)c2)c2c(C)ncnc21. The fourth-order valence-corrected chi connectivity index (χ4v) is 6.42. The maximum absolute atomic E-state index is 12.7. The lowest BCUT2D eigenvalue weighted by atomic mass is 10.1. The van der Waals surface area contributed by atoms with Crippen molar-refractivity contribution in [2.24, 2.45) is 0 Å². The first kappa shape index (κ1) is 25.4. The Kier molecular flexibility index (Phi) is 7.46. The maximum atomic E-state index is 12.7. The van der Waals surface area contributed by atoms with Gasteiger partial charge in [-0.2, -0.15) is 3.71 Å². The first-order valence-corrected chi connectivity index (χ1v) is 14.2. The van der Waals surface area contributed by atoms with E-state index in [1.165, 1.54) is 24.5 Å². The highest BCUT2D eigenvalue weighted by Crippen LogP contribution is 2.25. The molecule has 0 radical (unpaired) electrons. The third-order valence-corrected chi connectivity index (χ3v) is 8.12. The molecule has 0 saturated carbocycles. The van der Waals surface area contributed by atoms with Gasteiger partial charge in [0.1, 0.15) is 12.9 Å². The van der Waals surface area contributed by atoms with Crippen LogP contribution in [0.4, 0.5) is 11.4 Å². The molecular weight excluding hydrogens is 482 g/mol. The molecule has 0 saturated heterocycles. The second-order valence-corrected chi connectivity index (χ2v) is 11.7. The number of unbranched alkanes of at least 4 members (excludes halogenated alkanes) is 1. The molecule has 11 nitrogen and oxygen atoms in total. The van der Waals surface area contributed by atoms with Crippen molar-refractivity contribution in [2.45, 2.75) is 33.2 Å². The molecule has 2 aromatic heterocycles. The molecule has 34 heavy (non-hydrogen) atoms. The highest BCUT2D eigenvalue weighted by molar-refractivity contribution is 8.09. The third-order valence-electron chi connectivity index (χ3n) is 4.87. The number of pyridine rings is 1. The van der Waals surface area contributed by atoms with Gasteiger partial charge in [-0.25, -0.2) is 26.8 Å². The van der Waals surface area contributed by atoms with Crippen molar-refractivity contribution in [1.82, 2.24) is 14.7 Å². The molecule has 0 unspecified atom stereocenters. The van der Waals surface area contributed by atoms with Gasteiger partial charge in [0.25, 0.3) is 5.56 Å². The van der Waals surface area contributed by atoms with Gasteiger partial charge in [-0.3, -0.25) is 4.79 Å². The van der Waals surface area contributed by atoms with E-state index in [4.69, 9.17) is 4.84 Å². The molecule has 0 bridgehead atoms. The normalized spacial score (nSPS) is 12.0. The van der Waals surface area contributed by atoms with Crippen molar-refractivity contribution in [3.05, 3.63) is 58.3 Å². The van der Waals surface area contributed by atoms with Crippen LogP contribution in [-0.2, 0) is 26.6 Å². The van der Waals surface area contributed by atoms with Crippen molar-refractivity contribution in [3.8, 4) is 0 Å². The zero-order chi connectivity index (χ0) is 25.1. The van der Waals surface area contributed by atoms with Gasteiger partial charge >= 0.3 is 0 Å². The Labute approximate surface area is 198 Å². The van der Waals surface area contributed by atoms with Gasteiger partial charge in [-0.15, -0.1) is 4.73 Å². The molecular formula is C21H27N5O6S2. The van der Waals surface area contributed by atoms with E-state index in [1.54, 1.807) is 19.1 Å². The van der Waals surface area contributed by atoms with Crippen LogP contribution in [0.3, 0.4) is 0 Å². The van der Waals surface area contributed by atoms with Gasteiger partial charge in [-0.1, -0.05) is 25.5 Å². The molecule has 2 heterocycles. The fraction of sp³-hybridized carbons (Fsp3) is 0.381. The van der Waals surface area contributed by atoms with Crippen LogP contribution in [-0.4, -0.2) is 50.7 Å². The van der Waals surface area contributed by atoms with Gasteiger partial charge in [0.05, 0.1) is 35.0 Å². The van der Waals surface area contributed by atoms with Crippen LogP contribution in [0.5, 0.6) is 0 Å². The molecule has 13 heteroatoms. The number of anilines is 2. The van der Waals surface area contributed by atoms with E-state index in [9.17, 15) is 21.6 Å². The van der Waals surface area contributed by atoms with E-state index in [0.717, 1.165) is 30.1 Å². The van der Waals surface area contributed by atoms with E-state index in [-0.39, 0.29) is 12.2 Å². The second-order valence-electron chi connectivity index (χ2n) is 7.78. The number of nitrogens with zero attached hydrogens (tertiary/aromatic N) is 4. The predicted molar refractivity (Wildman–Crippen MR) is 131 cm³/mol. The first-order chi connectivity index (χ1) is 15.9. The molecule has 0 spiro atoms. The smallest absolute Gasteiger partial charge is 0.287 e. The Morgan fingerprint density at radius 2 is 1.79 bits per heavy atom. The Morgan fingerprint density at radius 3 is 2.44 bits per heavy atom. The first-order valence-electron chi connectivity index (χ1n) is 10.5. The topological polar surface area (TPSA) is 141 Å². The molecule has 0 amide bonds. The average Bonchev–Trinajstić information content (AvgIpc) is 2.72. The number of aryl methyl sites for hydroxylation is 1. The Morgan fingerprint density at radius 1 is 1.09 bits per heavy atom. The monoisotopic (exact) mass is 509 g/mol. The van der Waals surface area contributed by atoms with Crippen molar-refractivity contribution in [3.63, 3.8) is 0 Å². The summed E-state index contributed by atoms with van der Waals surface area (Å²) in [6.07, 6.45) is 4.70. The fourth-order valence-electron chi connectivity index (χ4n) is 3.46. The number of nitrogens with one attached hydrogen (secondary N) is 1. The van der Waals surface area contributed by atoms with Gasteiger partial charge < -0.3 is 10.2 Å². The molecule has 184 valence electrons. The summed E-state index contributed by atoms with van der Waals surface area (Å²) >= 11 is 0. The average molecular weight is 510 g/mol. The van der Waals surface area contributed by atoms with Gasteiger partial charge in [0, 0.05) is 12.6 Å². The Hall–Kier alpha value is -3.19. The van der Waals surface area contributed by atoms with Crippen LogP contribution >= 0.6 is 0 Å². The molecule has 0 fully saturated rings. The van der Waals surface area contributed by atoms with Gasteiger partial charge in [0.2, 0.25) is 20.0 Å². The van der Waals surface area contributed by atoms with Crippen LogP contribution in [0.2, 0.25) is 0 Å². The zero-order valence-corrected chi connectivity index (χ0v) is 21.0. The highest BCUT2D eigenvalue weighted by Gasteiger charge is 2.27. The summed E-state index contributed by atoms with van der Waals surface area (Å²) in [5.41, 5.74) is 1.62. The van der Waals surface area contributed by atoms with E-state index in [1.807, 2.05) is 6.92 Å². The largest absolute Gasteiger partial charge is 0.409 e. The molecule has 0 aliphatic rings. The van der Waals surface area contributed by atoms with E-state index in [2.05, 4.69) is 15.3 Å². The van der Waals surface area contributed by atoms with Crippen LogP contribution in [0.25, 0.3) is 11.0 Å². The minimum atomic E-state index is -4.06. The number of aromatic nitrogens is 3. The lowest BCUT2D eigenvalue weighted by molar-refractivity contribution is 0.108. The van der Waals surface area contributed by atoms with Crippen molar-refractivity contribution in [2.75, 3.05) is 28.1 Å². The van der Waals surface area contributed by atoms with Crippen LogP contribution in [0.1, 0.15) is 31.0 Å². The molecule has 3 rings (SSSR count). The molecule has 3 aromatic rings. The van der Waals surface area contributed by atoms with Crippen LogP contribution in [0.15, 0.2) is 41.5 Å². The number of sulfonamides is 2. The minimum Gasteiger partial charge on any atom is -0.409 e. The second kappa shape index (κ2) is 9.97. The number of rotatable bonds is 10. The number of fused-ring (bicyclic) bond motifs is 1. The number of hydrogen-bond acceptors (Lipinski definition) is 9. The summed E-state index contributed by atoms with van der Waals surface area (Å²) in [5, 5.41) is 3.76. The number of hydrogen-bond donors (Lipinski definition) is 1. The highest BCUT2D eigenvalue weighted by atomic mass is 32.3. The number of benzene rings is 1. The van der Waals surface area contributed by atoms with Crippen LogP contribution < -0.4 is 19.4 Å². The molecule has 0 aliphatic heterocycles. The van der Waals surface area contributed by atoms with Crippen molar-refractivity contribution < 1.29 is 21.7 Å². The maximum Gasteiger partial charge on any atom is 0.287 e. The van der Waals surface area contributed by atoms with Crippen molar-refractivity contribution in [1.29, 1.82) is 0 Å². The summed E-state index contributed by atoms with van der Waals surface area (Å²) in [4.78, 5) is 26.8. The third kappa shape index (κ3) is 5.65. The lowest BCUT2D eigenvalue weighted by Gasteiger charge is -2.20. The van der Waals surface area contributed by atoms with Crippen molar-refractivity contribution >= 4 is 42.5 Å². The summed E-state index contributed by atoms with van der Waals surface area (Å²) in [7, 11) is -8.13. The Balaban J connectivity index is 1.97. The van der Waals surface area contributed by atoms with E-state index >= 15 is 0 Å². The van der Waals surface area contributed by atoms with Gasteiger partial charge in [0.15, 0.2) is 5.65 Å². The summed E-state index contributed by atoms with van der Waals surface area (Å²) in [6.45, 7) is 4.35. The van der Waals surface area contributed by atoms with Gasteiger partial charge in [-0.05, 0) is 31.0 Å². The summed E-state index contributed by atoms with van der Waals surface area (Å²) in [5.74, 6) is 0. The van der Waals surface area contributed by atoms with E-state index < -0.39 is 25.6 Å².